The normalized spacial score (nSPS) is 10.2. The molecule has 1 aromatic heterocycles. The van der Waals surface area contributed by atoms with Crippen LogP contribution in [0, 0.1) is 0 Å². The highest BCUT2D eigenvalue weighted by Gasteiger charge is 2.16. The number of hydrogen-bond donors (Lipinski definition) is 2. The zero-order valence-electron chi connectivity index (χ0n) is 8.62. The van der Waals surface area contributed by atoms with E-state index in [1.54, 1.807) is 6.07 Å². The summed E-state index contributed by atoms with van der Waals surface area (Å²) in [5, 5.41) is 18.3. The van der Waals surface area contributed by atoms with Gasteiger partial charge in [0.2, 0.25) is 0 Å². The number of rotatable bonds is 3. The molecule has 2 N–H and O–H groups in total. The fraction of sp³-hybridized carbons (Fsp3) is 0.100. The second-order valence-corrected chi connectivity index (χ2v) is 3.13. The van der Waals surface area contributed by atoms with Gasteiger partial charge in [-0.15, -0.1) is 0 Å². The molecule has 0 radical (unpaired) electrons. The second kappa shape index (κ2) is 4.38. The van der Waals surface area contributed by atoms with Crippen LogP contribution in [-0.4, -0.2) is 29.5 Å². The van der Waals surface area contributed by atoms with Crippen molar-refractivity contribution < 1.29 is 19.4 Å². The van der Waals surface area contributed by atoms with Crippen molar-refractivity contribution in [3.05, 3.63) is 30.3 Å². The molecule has 0 aliphatic carbocycles. The van der Waals surface area contributed by atoms with Gasteiger partial charge in [-0.05, 0) is 12.1 Å². The van der Waals surface area contributed by atoms with Gasteiger partial charge in [-0.2, -0.15) is 0 Å². The van der Waals surface area contributed by atoms with Crippen LogP contribution in [0.1, 0.15) is 0 Å². The standard InChI is InChI=1S/C10H10BNO4/c1-15-10-9(16-11(13)14)6-7-4-2-3-5-8(7)12-10/h2-6,13-14H,1H3. The molecular formula is C10H10BNO4. The Balaban J connectivity index is 2.53. The zero-order valence-corrected chi connectivity index (χ0v) is 8.62. The monoisotopic (exact) mass is 219 g/mol. The lowest BCUT2D eigenvalue weighted by atomic mass is 10.2. The van der Waals surface area contributed by atoms with E-state index in [4.69, 9.17) is 19.4 Å². The third-order valence-corrected chi connectivity index (χ3v) is 2.08. The van der Waals surface area contributed by atoms with Crippen molar-refractivity contribution in [3.63, 3.8) is 0 Å². The predicted octanol–water partition coefficient (Wildman–Crippen LogP) is 0.592. The Bertz CT molecular complexity index is 503. The lowest BCUT2D eigenvalue weighted by Crippen LogP contribution is -2.21. The van der Waals surface area contributed by atoms with E-state index in [1.165, 1.54) is 7.11 Å². The molecule has 16 heavy (non-hydrogen) atoms. The SMILES string of the molecule is COc1nc2ccccc2cc1OB(O)O. The summed E-state index contributed by atoms with van der Waals surface area (Å²) in [4.78, 5) is 4.18. The number of para-hydroxylation sites is 1. The van der Waals surface area contributed by atoms with E-state index in [2.05, 4.69) is 4.98 Å². The highest BCUT2D eigenvalue weighted by Crippen LogP contribution is 2.28. The molecule has 0 aliphatic rings. The minimum Gasteiger partial charge on any atom is -0.508 e. The van der Waals surface area contributed by atoms with Gasteiger partial charge < -0.3 is 19.4 Å². The van der Waals surface area contributed by atoms with Crippen LogP contribution in [0.15, 0.2) is 30.3 Å². The summed E-state index contributed by atoms with van der Waals surface area (Å²) >= 11 is 0. The summed E-state index contributed by atoms with van der Waals surface area (Å²) in [5.41, 5.74) is 0.749. The molecular weight excluding hydrogens is 209 g/mol. The van der Waals surface area contributed by atoms with Gasteiger partial charge in [0.1, 0.15) is 0 Å². The topological polar surface area (TPSA) is 71.8 Å². The Morgan fingerprint density at radius 3 is 2.69 bits per heavy atom. The van der Waals surface area contributed by atoms with Crippen LogP contribution >= 0.6 is 0 Å². The van der Waals surface area contributed by atoms with Crippen LogP contribution in [-0.2, 0) is 0 Å². The Morgan fingerprint density at radius 1 is 1.25 bits per heavy atom. The molecule has 2 rings (SSSR count). The highest BCUT2D eigenvalue weighted by atomic mass is 16.6. The molecule has 0 aliphatic heterocycles. The maximum Gasteiger partial charge on any atom is 0.707 e. The van der Waals surface area contributed by atoms with Gasteiger partial charge in [-0.25, -0.2) is 4.98 Å². The molecule has 6 heteroatoms. The number of aromatic nitrogens is 1. The van der Waals surface area contributed by atoms with Crippen LogP contribution in [0.2, 0.25) is 0 Å². The summed E-state index contributed by atoms with van der Waals surface area (Å²) in [5.74, 6) is 0.406. The third-order valence-electron chi connectivity index (χ3n) is 2.08. The molecule has 0 atom stereocenters. The molecule has 1 aromatic carbocycles. The van der Waals surface area contributed by atoms with E-state index in [-0.39, 0.29) is 11.6 Å². The molecule has 0 spiro atoms. The average Bonchev–Trinajstić information content (AvgIpc) is 2.27. The Kier molecular flexibility index (Phi) is 2.94. The number of pyridine rings is 1. The van der Waals surface area contributed by atoms with Crippen molar-refractivity contribution in [1.29, 1.82) is 0 Å². The third kappa shape index (κ3) is 2.07. The minimum atomic E-state index is -1.89. The lowest BCUT2D eigenvalue weighted by Gasteiger charge is -2.10. The molecule has 0 amide bonds. The molecule has 1 heterocycles. The van der Waals surface area contributed by atoms with Crippen molar-refractivity contribution in [1.82, 2.24) is 4.98 Å². The minimum absolute atomic E-state index is 0.191. The second-order valence-electron chi connectivity index (χ2n) is 3.13. The van der Waals surface area contributed by atoms with Crippen molar-refractivity contribution >= 4 is 18.2 Å². The van der Waals surface area contributed by atoms with Crippen molar-refractivity contribution in [3.8, 4) is 11.6 Å². The molecule has 0 unspecified atom stereocenters. The van der Waals surface area contributed by atoms with E-state index < -0.39 is 7.32 Å². The van der Waals surface area contributed by atoms with Crippen LogP contribution in [0.25, 0.3) is 10.9 Å². The van der Waals surface area contributed by atoms with E-state index in [0.717, 1.165) is 10.9 Å². The smallest absolute Gasteiger partial charge is 0.508 e. The number of nitrogens with zero attached hydrogens (tertiary/aromatic N) is 1. The fourth-order valence-corrected chi connectivity index (χ4v) is 1.42. The van der Waals surface area contributed by atoms with Gasteiger partial charge in [0.15, 0.2) is 5.75 Å². The summed E-state index contributed by atoms with van der Waals surface area (Å²) in [6, 6.07) is 9.03. The first-order valence-electron chi connectivity index (χ1n) is 4.67. The molecule has 0 saturated carbocycles. The summed E-state index contributed by atoms with van der Waals surface area (Å²) in [6.07, 6.45) is 0. The van der Waals surface area contributed by atoms with Crippen LogP contribution in [0.3, 0.4) is 0 Å². The Hall–Kier alpha value is -1.79. The van der Waals surface area contributed by atoms with E-state index in [1.807, 2.05) is 24.3 Å². The molecule has 0 saturated heterocycles. The first kappa shape index (κ1) is 10.7. The number of hydrogen-bond acceptors (Lipinski definition) is 5. The molecule has 2 aromatic rings. The van der Waals surface area contributed by atoms with Crippen LogP contribution in [0.4, 0.5) is 0 Å². The van der Waals surface area contributed by atoms with E-state index in [9.17, 15) is 0 Å². The Morgan fingerprint density at radius 2 is 2.00 bits per heavy atom. The molecule has 82 valence electrons. The fourth-order valence-electron chi connectivity index (χ4n) is 1.42. The predicted molar refractivity (Wildman–Crippen MR) is 59.1 cm³/mol. The summed E-state index contributed by atoms with van der Waals surface area (Å²) in [7, 11) is -0.454. The van der Waals surface area contributed by atoms with Crippen LogP contribution in [0.5, 0.6) is 11.6 Å². The number of benzene rings is 1. The van der Waals surface area contributed by atoms with Gasteiger partial charge in [0.25, 0.3) is 5.88 Å². The zero-order chi connectivity index (χ0) is 11.5. The highest BCUT2D eigenvalue weighted by molar-refractivity contribution is 6.33. The van der Waals surface area contributed by atoms with E-state index in [0.29, 0.717) is 0 Å². The molecule has 0 bridgehead atoms. The number of methoxy groups -OCH3 is 1. The van der Waals surface area contributed by atoms with Gasteiger partial charge >= 0.3 is 7.32 Å². The molecule has 5 nitrogen and oxygen atoms in total. The number of fused-ring (bicyclic) bond motifs is 1. The summed E-state index contributed by atoms with van der Waals surface area (Å²) < 4.78 is 9.76. The maximum atomic E-state index is 8.75. The molecule has 0 fully saturated rings. The first-order valence-corrected chi connectivity index (χ1v) is 4.67. The van der Waals surface area contributed by atoms with Crippen molar-refractivity contribution in [2.24, 2.45) is 0 Å². The van der Waals surface area contributed by atoms with Gasteiger partial charge in [0.05, 0.1) is 12.6 Å². The lowest BCUT2D eigenvalue weighted by molar-refractivity contribution is 0.277. The first-order chi connectivity index (χ1) is 7.70. The maximum absolute atomic E-state index is 8.75. The van der Waals surface area contributed by atoms with Crippen molar-refractivity contribution in [2.75, 3.05) is 7.11 Å². The van der Waals surface area contributed by atoms with Crippen LogP contribution < -0.4 is 9.39 Å². The average molecular weight is 219 g/mol. The van der Waals surface area contributed by atoms with Gasteiger partial charge in [-0.1, -0.05) is 18.2 Å². The summed E-state index contributed by atoms with van der Waals surface area (Å²) in [6.45, 7) is 0. The Labute approximate surface area is 92.4 Å². The van der Waals surface area contributed by atoms with E-state index >= 15 is 0 Å². The largest absolute Gasteiger partial charge is 0.707 e. The number of ether oxygens (including phenoxy) is 1. The van der Waals surface area contributed by atoms with Gasteiger partial charge in [-0.3, -0.25) is 0 Å². The quantitative estimate of drug-likeness (QED) is 0.739. The van der Waals surface area contributed by atoms with Crippen molar-refractivity contribution in [2.45, 2.75) is 0 Å². The van der Waals surface area contributed by atoms with Gasteiger partial charge in [0, 0.05) is 5.39 Å².